The van der Waals surface area contributed by atoms with Crippen molar-refractivity contribution >= 4 is 5.91 Å². The second kappa shape index (κ2) is 10.6. The minimum atomic E-state index is 0.0397. The molecular weight excluding hydrogens is 380 g/mol. The Bertz CT molecular complexity index is 824. The zero-order chi connectivity index (χ0) is 21.5. The van der Waals surface area contributed by atoms with E-state index in [0.29, 0.717) is 30.4 Å². The highest BCUT2D eigenvalue weighted by Gasteiger charge is 2.26. The molecule has 0 saturated carbocycles. The molecule has 0 aliphatic carbocycles. The van der Waals surface area contributed by atoms with Gasteiger partial charge < -0.3 is 18.8 Å². The molecule has 0 bridgehead atoms. The third-order valence-electron chi connectivity index (χ3n) is 5.90. The maximum atomic E-state index is 13.1. The number of para-hydroxylation sites is 1. The van der Waals surface area contributed by atoms with Gasteiger partial charge in [-0.1, -0.05) is 18.2 Å². The lowest BCUT2D eigenvalue weighted by molar-refractivity contribution is 0.0615. The molecule has 6 heteroatoms. The van der Waals surface area contributed by atoms with Crippen molar-refractivity contribution in [1.82, 2.24) is 9.80 Å². The Labute approximate surface area is 179 Å². The first-order chi connectivity index (χ1) is 14.5. The van der Waals surface area contributed by atoms with Gasteiger partial charge >= 0.3 is 0 Å². The van der Waals surface area contributed by atoms with Crippen LogP contribution in [-0.4, -0.2) is 62.7 Å². The van der Waals surface area contributed by atoms with Gasteiger partial charge in [0.1, 0.15) is 17.3 Å². The molecule has 1 saturated heterocycles. The van der Waals surface area contributed by atoms with Gasteiger partial charge in [0.2, 0.25) is 0 Å². The van der Waals surface area contributed by atoms with E-state index < -0.39 is 0 Å². The van der Waals surface area contributed by atoms with Crippen LogP contribution in [0.4, 0.5) is 0 Å². The molecule has 1 aliphatic rings. The number of amides is 1. The monoisotopic (exact) mass is 414 g/mol. The smallest absolute Gasteiger partial charge is 0.257 e. The van der Waals surface area contributed by atoms with Crippen molar-refractivity contribution in [3.05, 3.63) is 53.0 Å². The number of ether oxygens (including phenoxy) is 2. The van der Waals surface area contributed by atoms with Crippen LogP contribution in [-0.2, 0) is 11.3 Å². The molecule has 1 aromatic carbocycles. The predicted molar refractivity (Wildman–Crippen MR) is 117 cm³/mol. The van der Waals surface area contributed by atoms with Gasteiger partial charge in [0, 0.05) is 32.3 Å². The largest absolute Gasteiger partial charge is 0.496 e. The summed E-state index contributed by atoms with van der Waals surface area (Å²) < 4.78 is 16.3. The van der Waals surface area contributed by atoms with Crippen LogP contribution in [0.2, 0.25) is 0 Å². The van der Waals surface area contributed by atoms with E-state index in [4.69, 9.17) is 13.9 Å². The van der Waals surface area contributed by atoms with Gasteiger partial charge in [-0.25, -0.2) is 0 Å². The maximum absolute atomic E-state index is 13.1. The van der Waals surface area contributed by atoms with Crippen LogP contribution >= 0.6 is 0 Å². The fourth-order valence-corrected chi connectivity index (χ4v) is 4.20. The lowest BCUT2D eigenvalue weighted by Crippen LogP contribution is -2.42. The van der Waals surface area contributed by atoms with Crippen molar-refractivity contribution in [2.24, 2.45) is 5.92 Å². The number of aryl methyl sites for hydroxylation is 2. The van der Waals surface area contributed by atoms with Gasteiger partial charge in [0.05, 0.1) is 19.3 Å². The summed E-state index contributed by atoms with van der Waals surface area (Å²) >= 11 is 0. The first-order valence-corrected chi connectivity index (χ1v) is 10.7. The second-order valence-electron chi connectivity index (χ2n) is 8.10. The van der Waals surface area contributed by atoms with Crippen LogP contribution in [0, 0.1) is 19.8 Å². The normalized spacial score (nSPS) is 15.3. The lowest BCUT2D eigenvalue weighted by Gasteiger charge is -2.35. The van der Waals surface area contributed by atoms with E-state index >= 15 is 0 Å². The molecule has 2 heterocycles. The highest BCUT2D eigenvalue weighted by molar-refractivity contribution is 5.95. The summed E-state index contributed by atoms with van der Waals surface area (Å²) in [4.78, 5) is 17.5. The molecule has 30 heavy (non-hydrogen) atoms. The molecule has 0 unspecified atom stereocenters. The third kappa shape index (κ3) is 5.64. The first-order valence-electron chi connectivity index (χ1n) is 10.7. The van der Waals surface area contributed by atoms with Crippen LogP contribution in [0.3, 0.4) is 0 Å². The molecule has 1 aromatic heterocycles. The number of nitrogens with zero attached hydrogens (tertiary/aromatic N) is 2. The van der Waals surface area contributed by atoms with Crippen molar-refractivity contribution in [2.75, 3.05) is 47.0 Å². The molecule has 0 radical (unpaired) electrons. The summed E-state index contributed by atoms with van der Waals surface area (Å²) in [5.41, 5.74) is 1.89. The number of piperidine rings is 1. The van der Waals surface area contributed by atoms with E-state index in [1.54, 1.807) is 14.2 Å². The average Bonchev–Trinajstić information content (AvgIpc) is 3.10. The Morgan fingerprint density at radius 2 is 1.93 bits per heavy atom. The van der Waals surface area contributed by atoms with Crippen LogP contribution in [0.15, 0.2) is 34.7 Å². The highest BCUT2D eigenvalue weighted by atomic mass is 16.5. The summed E-state index contributed by atoms with van der Waals surface area (Å²) in [5.74, 6) is 2.94. The minimum absolute atomic E-state index is 0.0397. The number of carbonyl (C=O) groups is 1. The Morgan fingerprint density at radius 3 is 2.57 bits per heavy atom. The number of carbonyl (C=O) groups excluding carboxylic acids is 1. The van der Waals surface area contributed by atoms with E-state index in [2.05, 4.69) is 17.0 Å². The number of benzene rings is 1. The molecular formula is C24H34N2O4. The molecule has 1 fully saturated rings. The van der Waals surface area contributed by atoms with Crippen molar-refractivity contribution in [3.63, 3.8) is 0 Å². The molecule has 6 nitrogen and oxygen atoms in total. The molecule has 0 atom stereocenters. The van der Waals surface area contributed by atoms with Crippen molar-refractivity contribution in [2.45, 2.75) is 33.2 Å². The number of methoxy groups -OCH3 is 2. The standard InChI is InChI=1S/C24H34N2O4/c1-18-15-22(19(2)30-18)24(27)26(13-14-28-3)16-20-9-11-25(12-10-20)17-21-7-5-6-8-23(21)29-4/h5-8,15,20H,9-14,16-17H2,1-4H3. The Morgan fingerprint density at radius 1 is 1.20 bits per heavy atom. The van der Waals surface area contributed by atoms with Crippen LogP contribution in [0.25, 0.3) is 0 Å². The van der Waals surface area contributed by atoms with Crippen molar-refractivity contribution in [3.8, 4) is 5.75 Å². The van der Waals surface area contributed by atoms with Crippen molar-refractivity contribution in [1.29, 1.82) is 0 Å². The number of hydrogen-bond acceptors (Lipinski definition) is 5. The average molecular weight is 415 g/mol. The number of furan rings is 1. The van der Waals surface area contributed by atoms with E-state index in [1.807, 2.05) is 36.9 Å². The zero-order valence-corrected chi connectivity index (χ0v) is 18.6. The van der Waals surface area contributed by atoms with Gasteiger partial charge in [-0.2, -0.15) is 0 Å². The van der Waals surface area contributed by atoms with Gasteiger partial charge in [-0.3, -0.25) is 9.69 Å². The van der Waals surface area contributed by atoms with E-state index in [0.717, 1.165) is 50.5 Å². The molecule has 1 amide bonds. The Hall–Kier alpha value is -2.31. The Kier molecular flexibility index (Phi) is 7.94. The summed E-state index contributed by atoms with van der Waals surface area (Å²) in [7, 11) is 3.39. The quantitative estimate of drug-likeness (QED) is 0.623. The molecule has 2 aromatic rings. The first kappa shape index (κ1) is 22.4. The topological polar surface area (TPSA) is 55.2 Å². The number of rotatable bonds is 9. The minimum Gasteiger partial charge on any atom is -0.496 e. The summed E-state index contributed by atoms with van der Waals surface area (Å²) in [6, 6.07) is 10.0. The molecule has 164 valence electrons. The number of likely N-dealkylation sites (tertiary alicyclic amines) is 1. The van der Waals surface area contributed by atoms with Gasteiger partial charge in [0.25, 0.3) is 5.91 Å². The van der Waals surface area contributed by atoms with Crippen LogP contribution < -0.4 is 4.74 Å². The molecule has 1 aliphatic heterocycles. The van der Waals surface area contributed by atoms with Crippen LogP contribution in [0.5, 0.6) is 5.75 Å². The summed E-state index contributed by atoms with van der Waals surface area (Å²) in [6.07, 6.45) is 2.16. The van der Waals surface area contributed by atoms with Crippen LogP contribution in [0.1, 0.15) is 40.3 Å². The second-order valence-corrected chi connectivity index (χ2v) is 8.10. The summed E-state index contributed by atoms with van der Waals surface area (Å²) in [6.45, 7) is 8.57. The Balaban J connectivity index is 1.57. The van der Waals surface area contributed by atoms with E-state index in [-0.39, 0.29) is 5.91 Å². The van der Waals surface area contributed by atoms with Gasteiger partial charge in [-0.05, 0) is 57.8 Å². The number of hydrogen-bond donors (Lipinski definition) is 0. The fraction of sp³-hybridized carbons (Fsp3) is 0.542. The molecule has 3 rings (SSSR count). The predicted octanol–water partition coefficient (Wildman–Crippen LogP) is 3.91. The zero-order valence-electron chi connectivity index (χ0n) is 18.6. The van der Waals surface area contributed by atoms with Gasteiger partial charge in [-0.15, -0.1) is 0 Å². The lowest BCUT2D eigenvalue weighted by atomic mass is 9.95. The SMILES string of the molecule is COCCN(CC1CCN(Cc2ccccc2OC)CC1)C(=O)c1cc(C)oc1C. The van der Waals surface area contributed by atoms with Crippen molar-refractivity contribution < 1.29 is 18.7 Å². The fourth-order valence-electron chi connectivity index (χ4n) is 4.20. The highest BCUT2D eigenvalue weighted by Crippen LogP contribution is 2.25. The molecule has 0 spiro atoms. The molecule has 0 N–H and O–H groups in total. The third-order valence-corrected chi connectivity index (χ3v) is 5.90. The summed E-state index contributed by atoms with van der Waals surface area (Å²) in [5, 5.41) is 0. The van der Waals surface area contributed by atoms with E-state index in [9.17, 15) is 4.79 Å². The van der Waals surface area contributed by atoms with Gasteiger partial charge in [0.15, 0.2) is 0 Å². The maximum Gasteiger partial charge on any atom is 0.257 e. The van der Waals surface area contributed by atoms with E-state index in [1.165, 1.54) is 5.56 Å².